The summed E-state index contributed by atoms with van der Waals surface area (Å²) in [6.07, 6.45) is 0. The number of aliphatic imine (C=N–C) groups is 1. The Morgan fingerprint density at radius 3 is 1.61 bits per heavy atom. The summed E-state index contributed by atoms with van der Waals surface area (Å²) in [6.45, 7) is 7.48. The first kappa shape index (κ1) is 57.9. The molecule has 4 N–H and O–H groups in total. The van der Waals surface area contributed by atoms with Crippen LogP contribution in [0.3, 0.4) is 0 Å². The number of carbonyl (C=O) groups is 1. The fourth-order valence-corrected chi connectivity index (χ4v) is 8.75. The molecule has 0 heterocycles. The van der Waals surface area contributed by atoms with Gasteiger partial charge in [0.25, 0.3) is 26.1 Å². The number of aryl methyl sites for hydroxylation is 2. The van der Waals surface area contributed by atoms with E-state index in [-0.39, 0.29) is 98.5 Å². The van der Waals surface area contributed by atoms with Crippen LogP contribution in [-0.2, 0) is 20.2 Å². The van der Waals surface area contributed by atoms with Crippen LogP contribution in [-0.4, -0.2) is 105 Å². The van der Waals surface area contributed by atoms with Crippen molar-refractivity contribution in [1.82, 2.24) is 0 Å². The number of hydrogen-bond donors (Lipinski definition) is 4. The number of hydrogen-bond acceptors (Lipinski definition) is 15. The van der Waals surface area contributed by atoms with E-state index < -0.39 is 53.3 Å². The van der Waals surface area contributed by atoms with Crippen molar-refractivity contribution in [1.29, 1.82) is 0 Å². The Morgan fingerprint density at radius 1 is 0.613 bits per heavy atom. The van der Waals surface area contributed by atoms with Gasteiger partial charge in [-0.15, -0.1) is 15.3 Å². The number of phenols is 1. The van der Waals surface area contributed by atoms with Crippen molar-refractivity contribution >= 4 is 160 Å². The maximum absolute atomic E-state index is 13.4. The van der Waals surface area contributed by atoms with Gasteiger partial charge in [-0.1, -0.05) is 102 Å². The quantitative estimate of drug-likeness (QED) is 0.0260. The number of halogens is 2. The van der Waals surface area contributed by atoms with Gasteiger partial charge in [0.1, 0.15) is 34.2 Å². The third kappa shape index (κ3) is 13.7. The van der Waals surface area contributed by atoms with Gasteiger partial charge in [-0.25, -0.2) is 0 Å². The Balaban J connectivity index is 0.000000241. The summed E-state index contributed by atoms with van der Waals surface area (Å²) in [5, 5.41) is 58.8. The van der Waals surface area contributed by atoms with Gasteiger partial charge in [0.05, 0.1) is 50.0 Å². The molecular formula is C52H42BaCl2N6O12S2. The van der Waals surface area contributed by atoms with Crippen LogP contribution in [0.2, 0.25) is 10.0 Å². The number of azo groups is 2. The topological polar surface area (TPSA) is 284 Å². The van der Waals surface area contributed by atoms with Crippen molar-refractivity contribution in [2.24, 2.45) is 25.4 Å². The Morgan fingerprint density at radius 2 is 1.07 bits per heavy atom. The van der Waals surface area contributed by atoms with Crippen molar-refractivity contribution in [2.75, 3.05) is 18.5 Å². The number of anilines is 1. The monoisotopic (exact) mass is 1210 g/mol. The van der Waals surface area contributed by atoms with Gasteiger partial charge in [-0.2, -0.15) is 21.9 Å². The number of rotatable bonds is 14. The molecule has 0 bridgehead atoms. The summed E-state index contributed by atoms with van der Waals surface area (Å²) in [7, 11) is -9.05. The second kappa shape index (κ2) is 25.0. The Hall–Kier alpha value is -6.41. The number of fused-ring (bicyclic) bond motifs is 2. The average molecular weight is 1220 g/mol. The van der Waals surface area contributed by atoms with Gasteiger partial charge in [0.15, 0.2) is 5.75 Å². The van der Waals surface area contributed by atoms with Gasteiger partial charge >= 0.3 is 48.9 Å². The normalized spacial score (nSPS) is 11.9. The van der Waals surface area contributed by atoms with Gasteiger partial charge in [-0.05, 0) is 122 Å². The first-order valence-electron chi connectivity index (χ1n) is 22.1. The molecule has 8 rings (SSSR count). The molecule has 0 saturated heterocycles. The molecule has 0 spiro atoms. The first-order chi connectivity index (χ1) is 35.2. The van der Waals surface area contributed by atoms with E-state index in [0.717, 1.165) is 12.1 Å². The summed E-state index contributed by atoms with van der Waals surface area (Å²) in [5.74, 6) is -1.68. The van der Waals surface area contributed by atoms with E-state index in [1.807, 2.05) is 6.92 Å². The minimum atomic E-state index is -4.54. The number of nitrogens with one attached hydrogen (secondary N) is 1. The fraction of sp³-hybridized carbons (Fsp3) is 0.115. The molecule has 23 heteroatoms. The first-order valence-corrected chi connectivity index (χ1v) is 25.7. The molecule has 1 amide bonds. The minimum absolute atomic E-state index is 0. The van der Waals surface area contributed by atoms with E-state index in [9.17, 15) is 46.1 Å². The molecule has 8 aromatic carbocycles. The van der Waals surface area contributed by atoms with Gasteiger partial charge in [-0.3, -0.25) is 18.9 Å². The van der Waals surface area contributed by atoms with Gasteiger partial charge in [0.2, 0.25) is 0 Å². The molecule has 8 aromatic rings. The van der Waals surface area contributed by atoms with Crippen LogP contribution in [0.4, 0.5) is 34.1 Å². The van der Waals surface area contributed by atoms with E-state index >= 15 is 0 Å². The van der Waals surface area contributed by atoms with E-state index in [1.165, 1.54) is 31.2 Å². The second-order valence-corrected chi connectivity index (χ2v) is 19.5. The number of nitrogens with zero attached hydrogens (tertiary/aromatic N) is 5. The zero-order chi connectivity index (χ0) is 53.5. The van der Waals surface area contributed by atoms with Crippen molar-refractivity contribution in [2.45, 2.75) is 37.5 Å². The van der Waals surface area contributed by atoms with Gasteiger partial charge in [0, 0.05) is 10.8 Å². The molecule has 0 saturated carbocycles. The van der Waals surface area contributed by atoms with Crippen molar-refractivity contribution in [3.05, 3.63) is 166 Å². The second-order valence-electron chi connectivity index (χ2n) is 15.9. The van der Waals surface area contributed by atoms with Crippen LogP contribution >= 0.6 is 23.2 Å². The third-order valence-corrected chi connectivity index (χ3v) is 13.4. The minimum Gasteiger partial charge on any atom is -0.871 e. The summed E-state index contributed by atoms with van der Waals surface area (Å²) >= 11 is 12.5. The van der Waals surface area contributed by atoms with E-state index in [4.69, 9.17) is 32.7 Å². The van der Waals surface area contributed by atoms with Crippen LogP contribution in [0, 0.1) is 13.8 Å². The number of para-hydroxylation sites is 4. The smallest absolute Gasteiger partial charge is 0.871 e. The molecule has 0 aliphatic rings. The largest absolute Gasteiger partial charge is 2.00 e. The van der Waals surface area contributed by atoms with Crippen LogP contribution < -0.4 is 25.0 Å². The SMILES string of the molecule is CCOc1ccccc1N=C([O-])c1cc2ccccc2c(N=Nc2cc(S(=O)(=O)O)cc(C)c2Cl)c1[O-].CCOc1ccccc1NC(=O)c1cc2ccccc2c(N=Nc2cc(S(=O)(=O)O)cc(C)c2Cl)c1O.[Ba+2]. The zero-order valence-electron chi connectivity index (χ0n) is 40.1. The molecular weight excluding hydrogens is 1170 g/mol. The zero-order valence-corrected chi connectivity index (χ0v) is 47.7. The number of amides is 1. The third-order valence-electron chi connectivity index (χ3n) is 10.8. The van der Waals surface area contributed by atoms with Crippen molar-refractivity contribution in [3.8, 4) is 23.0 Å². The molecule has 0 unspecified atom stereocenters. The average Bonchev–Trinajstić information content (AvgIpc) is 3.36. The standard InChI is InChI=1S/2C26H22ClN3O6S.Ba/c2*1-3-36-22-11-7-6-10-20(22)28-26(32)19-13-16-8-4-5-9-18(16)24(25(19)31)30-29-21-14-17(37(33,34)35)12-15(2)23(21)27;/h2*4-14,31H,3H2,1-2H3,(H,28,32)(H,33,34,35);/q;;+2/p-2. The van der Waals surface area contributed by atoms with E-state index in [2.05, 4.69) is 30.8 Å². The van der Waals surface area contributed by atoms with Crippen LogP contribution in [0.25, 0.3) is 21.5 Å². The number of carbonyl (C=O) groups excluding carboxylic acids is 1. The predicted molar refractivity (Wildman–Crippen MR) is 284 cm³/mol. The molecule has 75 heavy (non-hydrogen) atoms. The molecule has 380 valence electrons. The van der Waals surface area contributed by atoms with Crippen LogP contribution in [0.5, 0.6) is 23.0 Å². The molecule has 0 radical (unpaired) electrons. The molecule has 0 aliphatic carbocycles. The Bertz CT molecular complexity index is 3830. The van der Waals surface area contributed by atoms with Crippen LogP contribution in [0.15, 0.2) is 169 Å². The van der Waals surface area contributed by atoms with Crippen LogP contribution in [0.1, 0.15) is 40.9 Å². The molecule has 0 aromatic heterocycles. The maximum Gasteiger partial charge on any atom is 2.00 e. The molecule has 18 nitrogen and oxygen atoms in total. The van der Waals surface area contributed by atoms with Gasteiger partial charge < -0.3 is 30.1 Å². The molecule has 0 atom stereocenters. The maximum atomic E-state index is 13.4. The summed E-state index contributed by atoms with van der Waals surface area (Å²) in [4.78, 5) is 16.5. The predicted octanol–water partition coefficient (Wildman–Crippen LogP) is 11.8. The number of phenolic OH excluding ortho intramolecular Hbond substituents is 1. The van der Waals surface area contributed by atoms with E-state index in [0.29, 0.717) is 63.1 Å². The number of aromatic hydroxyl groups is 1. The summed E-state index contributed by atoms with van der Waals surface area (Å²) in [5.41, 5.74) is 0.787. The van der Waals surface area contributed by atoms with E-state index in [1.54, 1.807) is 111 Å². The van der Waals surface area contributed by atoms with Crippen molar-refractivity contribution < 1.29 is 55.5 Å². The number of ether oxygens (including phenoxy) is 2. The summed E-state index contributed by atoms with van der Waals surface area (Å²) in [6, 6.07) is 34.8. The summed E-state index contributed by atoms with van der Waals surface area (Å²) < 4.78 is 76.4. The molecule has 0 fully saturated rings. The van der Waals surface area contributed by atoms with Crippen molar-refractivity contribution in [3.63, 3.8) is 0 Å². The molecule has 0 aliphatic heterocycles. The Kier molecular flexibility index (Phi) is 19.3. The number of benzene rings is 8. The Labute approximate surface area is 481 Å². The fourth-order valence-electron chi connectivity index (χ4n) is 7.29.